The van der Waals surface area contributed by atoms with E-state index in [0.29, 0.717) is 54.1 Å². The lowest BCUT2D eigenvalue weighted by molar-refractivity contribution is -0.126. The van der Waals surface area contributed by atoms with Crippen molar-refractivity contribution in [3.63, 3.8) is 0 Å². The summed E-state index contributed by atoms with van der Waals surface area (Å²) >= 11 is 0. The van der Waals surface area contributed by atoms with Crippen LogP contribution in [0.3, 0.4) is 0 Å². The molecule has 1 fully saturated rings. The van der Waals surface area contributed by atoms with E-state index >= 15 is 0 Å². The van der Waals surface area contributed by atoms with Gasteiger partial charge in [0, 0.05) is 18.2 Å². The monoisotopic (exact) mass is 466 g/mol. The van der Waals surface area contributed by atoms with Crippen molar-refractivity contribution >= 4 is 23.4 Å². The van der Waals surface area contributed by atoms with Gasteiger partial charge in [-0.15, -0.1) is 0 Å². The lowest BCUT2D eigenvalue weighted by Crippen LogP contribution is -2.56. The van der Waals surface area contributed by atoms with Crippen LogP contribution >= 0.6 is 0 Å². The van der Waals surface area contributed by atoms with Crippen molar-refractivity contribution in [2.24, 2.45) is 5.92 Å². The molecule has 34 heavy (non-hydrogen) atoms. The van der Waals surface area contributed by atoms with Crippen molar-refractivity contribution in [2.75, 3.05) is 18.9 Å². The third kappa shape index (κ3) is 4.82. The number of fused-ring (bicyclic) bond motifs is 2. The number of halogens is 1. The number of hydrogen-bond donors (Lipinski definition) is 3. The number of nitrogens with one attached hydrogen (secondary N) is 3. The van der Waals surface area contributed by atoms with Gasteiger partial charge in [0.05, 0.1) is 17.3 Å². The average Bonchev–Trinajstić information content (AvgIpc) is 2.91. The third-order valence-electron chi connectivity index (χ3n) is 6.58. The Hall–Kier alpha value is -3.26. The molecule has 0 bridgehead atoms. The summed E-state index contributed by atoms with van der Waals surface area (Å²) in [7, 11) is 1.76. The third-order valence-corrected chi connectivity index (χ3v) is 6.58. The highest BCUT2D eigenvalue weighted by atomic mass is 19.1. The highest BCUT2D eigenvalue weighted by Gasteiger charge is 2.40. The van der Waals surface area contributed by atoms with Crippen LogP contribution in [0.5, 0.6) is 0 Å². The molecule has 0 unspecified atom stereocenters. The minimum absolute atomic E-state index is 0.0900. The van der Waals surface area contributed by atoms with E-state index in [9.17, 15) is 18.8 Å². The second-order valence-corrected chi connectivity index (χ2v) is 9.44. The van der Waals surface area contributed by atoms with Gasteiger partial charge in [-0.2, -0.15) is 0 Å². The maximum Gasteiger partial charge on any atom is 0.256 e. The summed E-state index contributed by atoms with van der Waals surface area (Å²) in [6.45, 7) is 4.47. The van der Waals surface area contributed by atoms with E-state index in [1.165, 1.54) is 6.07 Å². The molecular weight excluding hydrogens is 435 g/mol. The number of benzene rings is 2. The fourth-order valence-electron chi connectivity index (χ4n) is 4.78. The number of carbonyl (C=O) groups excluding carboxylic acids is 3. The highest BCUT2D eigenvalue weighted by molar-refractivity contribution is 6.10. The summed E-state index contributed by atoms with van der Waals surface area (Å²) in [4.78, 5) is 40.8. The Morgan fingerprint density at radius 3 is 2.65 bits per heavy atom. The number of piperidine rings is 1. The van der Waals surface area contributed by atoms with Gasteiger partial charge in [0.25, 0.3) is 5.91 Å². The van der Waals surface area contributed by atoms with Crippen molar-refractivity contribution in [3.05, 3.63) is 53.8 Å². The van der Waals surface area contributed by atoms with E-state index in [1.807, 2.05) is 0 Å². The molecular formula is C26H31FN4O3. The zero-order chi connectivity index (χ0) is 24.4. The number of hydrogen-bond acceptors (Lipinski definition) is 4. The second-order valence-electron chi connectivity index (χ2n) is 9.44. The molecule has 1 saturated heterocycles. The summed E-state index contributed by atoms with van der Waals surface area (Å²) in [6.07, 6.45) is 1.61. The Bertz CT molecular complexity index is 1100. The standard InChI is InChI=1S/C26H31FN4O3/c1-15(2)12-22(28-3)24(32)29-17-10-11-31-23(14-17)25(33)30-21-9-8-16(13-19(21)26(31)34)18-6-4-5-7-20(18)27/h4-9,13,15,17,22-23,28H,10-12,14H2,1-3H3,(H,29,32)(H,30,33)/t17-,22-,23-/m0/s1. The largest absolute Gasteiger partial charge is 0.352 e. The normalized spacial score (nSPS) is 20.8. The molecule has 180 valence electrons. The number of anilines is 1. The molecule has 3 N–H and O–H groups in total. The van der Waals surface area contributed by atoms with Crippen LogP contribution < -0.4 is 16.0 Å². The zero-order valence-electron chi connectivity index (χ0n) is 19.7. The fourth-order valence-corrected chi connectivity index (χ4v) is 4.78. The van der Waals surface area contributed by atoms with Crippen LogP contribution in [0.4, 0.5) is 10.1 Å². The first kappa shape index (κ1) is 23.9. The van der Waals surface area contributed by atoms with Crippen molar-refractivity contribution in [1.29, 1.82) is 0 Å². The molecule has 2 aromatic carbocycles. The molecule has 3 amide bonds. The predicted octanol–water partition coefficient (Wildman–Crippen LogP) is 3.17. The quantitative estimate of drug-likeness (QED) is 0.610. The Morgan fingerprint density at radius 1 is 1.18 bits per heavy atom. The van der Waals surface area contributed by atoms with Crippen LogP contribution in [0, 0.1) is 11.7 Å². The van der Waals surface area contributed by atoms with Gasteiger partial charge in [-0.3, -0.25) is 14.4 Å². The maximum atomic E-state index is 14.3. The summed E-state index contributed by atoms with van der Waals surface area (Å²) in [5.74, 6) is -0.651. The molecule has 7 nitrogen and oxygen atoms in total. The minimum atomic E-state index is -0.686. The van der Waals surface area contributed by atoms with Crippen molar-refractivity contribution in [2.45, 2.75) is 51.2 Å². The van der Waals surface area contributed by atoms with Gasteiger partial charge in [0.2, 0.25) is 11.8 Å². The molecule has 4 rings (SSSR count). The number of amides is 3. The van der Waals surface area contributed by atoms with Gasteiger partial charge in [-0.1, -0.05) is 38.1 Å². The molecule has 0 aliphatic carbocycles. The van der Waals surface area contributed by atoms with Gasteiger partial charge in [0.1, 0.15) is 11.9 Å². The lowest BCUT2D eigenvalue weighted by atomic mass is 9.95. The van der Waals surface area contributed by atoms with Crippen molar-refractivity contribution in [3.8, 4) is 11.1 Å². The van der Waals surface area contributed by atoms with Crippen LogP contribution in [0.25, 0.3) is 11.1 Å². The topological polar surface area (TPSA) is 90.5 Å². The molecule has 8 heteroatoms. The first-order chi connectivity index (χ1) is 16.3. The van der Waals surface area contributed by atoms with Gasteiger partial charge in [-0.25, -0.2) is 4.39 Å². The van der Waals surface area contributed by atoms with E-state index in [-0.39, 0.29) is 35.6 Å². The second kappa shape index (κ2) is 9.93. The summed E-state index contributed by atoms with van der Waals surface area (Å²) < 4.78 is 14.3. The van der Waals surface area contributed by atoms with Crippen LogP contribution in [-0.4, -0.2) is 54.3 Å². The molecule has 2 aliphatic heterocycles. The Balaban J connectivity index is 1.53. The molecule has 0 saturated carbocycles. The van der Waals surface area contributed by atoms with E-state index in [0.717, 1.165) is 0 Å². The van der Waals surface area contributed by atoms with Gasteiger partial charge >= 0.3 is 0 Å². The van der Waals surface area contributed by atoms with E-state index < -0.39 is 6.04 Å². The number of carbonyl (C=O) groups is 3. The first-order valence-corrected chi connectivity index (χ1v) is 11.8. The molecule has 2 aromatic rings. The van der Waals surface area contributed by atoms with E-state index in [1.54, 1.807) is 48.3 Å². The average molecular weight is 467 g/mol. The molecule has 2 heterocycles. The summed E-state index contributed by atoms with van der Waals surface area (Å²) in [5.41, 5.74) is 1.72. The first-order valence-electron chi connectivity index (χ1n) is 11.8. The Kier molecular flexibility index (Phi) is 6.97. The molecule has 0 spiro atoms. The van der Waals surface area contributed by atoms with Gasteiger partial charge < -0.3 is 20.9 Å². The summed E-state index contributed by atoms with van der Waals surface area (Å²) in [6, 6.07) is 10.2. The fraction of sp³-hybridized carbons (Fsp3) is 0.423. The number of likely N-dealkylation sites (N-methyl/N-ethyl adjacent to an activating group) is 1. The van der Waals surface area contributed by atoms with Crippen LogP contribution in [-0.2, 0) is 9.59 Å². The molecule has 3 atom stereocenters. The zero-order valence-corrected chi connectivity index (χ0v) is 19.7. The van der Waals surface area contributed by atoms with E-state index in [2.05, 4.69) is 29.8 Å². The Labute approximate surface area is 199 Å². The molecule has 0 aromatic heterocycles. The number of rotatable bonds is 6. The van der Waals surface area contributed by atoms with Crippen LogP contribution in [0.1, 0.15) is 43.5 Å². The highest BCUT2D eigenvalue weighted by Crippen LogP contribution is 2.32. The predicted molar refractivity (Wildman–Crippen MR) is 129 cm³/mol. The van der Waals surface area contributed by atoms with E-state index in [4.69, 9.17) is 0 Å². The minimum Gasteiger partial charge on any atom is -0.352 e. The smallest absolute Gasteiger partial charge is 0.256 e. The van der Waals surface area contributed by atoms with Gasteiger partial charge in [0.15, 0.2) is 0 Å². The van der Waals surface area contributed by atoms with Gasteiger partial charge in [-0.05, 0) is 56.0 Å². The number of nitrogens with zero attached hydrogens (tertiary/aromatic N) is 1. The molecule has 2 aliphatic rings. The van der Waals surface area contributed by atoms with Crippen LogP contribution in [0.15, 0.2) is 42.5 Å². The molecule has 0 radical (unpaired) electrons. The van der Waals surface area contributed by atoms with Crippen molar-refractivity contribution < 1.29 is 18.8 Å². The maximum absolute atomic E-state index is 14.3. The van der Waals surface area contributed by atoms with Crippen LogP contribution in [0.2, 0.25) is 0 Å². The summed E-state index contributed by atoms with van der Waals surface area (Å²) in [5, 5.41) is 8.98. The lowest BCUT2D eigenvalue weighted by Gasteiger charge is -2.37. The SMILES string of the molecule is CN[C@@H](CC(C)C)C(=O)N[C@H]1CCN2C(=O)c3cc(-c4ccccc4F)ccc3NC(=O)[C@@H]2C1. The Morgan fingerprint density at radius 2 is 1.94 bits per heavy atom. The van der Waals surface area contributed by atoms with Crippen molar-refractivity contribution in [1.82, 2.24) is 15.5 Å².